The van der Waals surface area contributed by atoms with Gasteiger partial charge in [0, 0.05) is 5.56 Å². The number of rotatable bonds is 2. The number of amides is 1. The first kappa shape index (κ1) is 8.81. The number of hydrogen-bond donors (Lipinski definition) is 1. The second-order valence-electron chi connectivity index (χ2n) is 3.23. The molecule has 1 aromatic rings. The maximum Gasteiger partial charge on any atom is 0.221 e. The van der Waals surface area contributed by atoms with Crippen LogP contribution in [0.25, 0.3) is 6.08 Å². The highest BCUT2D eigenvalue weighted by Gasteiger charge is 2.06. The summed E-state index contributed by atoms with van der Waals surface area (Å²) in [6.45, 7) is 0.613. The van der Waals surface area contributed by atoms with E-state index in [0.717, 1.165) is 16.9 Å². The molecule has 0 atom stereocenters. The summed E-state index contributed by atoms with van der Waals surface area (Å²) in [4.78, 5) is 10.7. The molecule has 1 aliphatic heterocycles. The fourth-order valence-corrected chi connectivity index (χ4v) is 1.48. The van der Waals surface area contributed by atoms with Gasteiger partial charge in [0.2, 0.25) is 5.91 Å². The average Bonchev–Trinajstić information content (AvgIpc) is 2.17. The summed E-state index contributed by atoms with van der Waals surface area (Å²) < 4.78 is 5.38. The minimum absolute atomic E-state index is 0.279. The topological polar surface area (TPSA) is 52.3 Å². The highest BCUT2D eigenvalue weighted by atomic mass is 16.5. The molecule has 0 bridgehead atoms. The molecule has 0 fully saturated rings. The van der Waals surface area contributed by atoms with E-state index in [1.807, 2.05) is 30.4 Å². The zero-order valence-electron chi connectivity index (χ0n) is 7.69. The van der Waals surface area contributed by atoms with Crippen molar-refractivity contribution < 1.29 is 9.53 Å². The number of primary amides is 1. The number of carbonyl (C=O) groups is 1. The molecular weight excluding hydrogens is 178 g/mol. The van der Waals surface area contributed by atoms with Crippen LogP contribution in [0, 0.1) is 0 Å². The van der Waals surface area contributed by atoms with Crippen LogP contribution in [0.3, 0.4) is 0 Å². The lowest BCUT2D eigenvalue weighted by molar-refractivity contribution is -0.117. The number of fused-ring (bicyclic) bond motifs is 1. The van der Waals surface area contributed by atoms with E-state index in [4.69, 9.17) is 10.5 Å². The Bertz CT molecular complexity index is 396. The van der Waals surface area contributed by atoms with E-state index < -0.39 is 0 Å². The van der Waals surface area contributed by atoms with Crippen molar-refractivity contribution in [3.8, 4) is 5.75 Å². The van der Waals surface area contributed by atoms with Crippen molar-refractivity contribution in [1.29, 1.82) is 0 Å². The van der Waals surface area contributed by atoms with E-state index in [1.54, 1.807) is 0 Å². The molecule has 0 radical (unpaired) electrons. The monoisotopic (exact) mass is 189 g/mol. The van der Waals surface area contributed by atoms with Gasteiger partial charge >= 0.3 is 0 Å². The van der Waals surface area contributed by atoms with E-state index in [1.165, 1.54) is 0 Å². The highest BCUT2D eigenvalue weighted by molar-refractivity contribution is 5.77. The van der Waals surface area contributed by atoms with Crippen LogP contribution in [0.2, 0.25) is 0 Å². The summed E-state index contributed by atoms with van der Waals surface area (Å²) in [6, 6.07) is 5.66. The van der Waals surface area contributed by atoms with Gasteiger partial charge in [-0.15, -0.1) is 0 Å². The third-order valence-corrected chi connectivity index (χ3v) is 2.09. The van der Waals surface area contributed by atoms with Crippen LogP contribution in [-0.4, -0.2) is 12.5 Å². The molecular formula is C11H11NO2. The molecule has 0 aliphatic carbocycles. The normalized spacial score (nSPS) is 13.1. The largest absolute Gasteiger partial charge is 0.489 e. The summed E-state index contributed by atoms with van der Waals surface area (Å²) >= 11 is 0. The molecule has 3 heteroatoms. The van der Waals surface area contributed by atoms with Gasteiger partial charge in [-0.1, -0.05) is 12.1 Å². The van der Waals surface area contributed by atoms with E-state index >= 15 is 0 Å². The Morgan fingerprint density at radius 2 is 2.36 bits per heavy atom. The van der Waals surface area contributed by atoms with Crippen LogP contribution in [0.5, 0.6) is 5.75 Å². The Kier molecular flexibility index (Phi) is 2.23. The molecule has 3 nitrogen and oxygen atoms in total. The van der Waals surface area contributed by atoms with Gasteiger partial charge in [0.1, 0.15) is 12.4 Å². The second kappa shape index (κ2) is 3.54. The molecule has 0 aromatic heterocycles. The molecule has 1 heterocycles. The minimum Gasteiger partial charge on any atom is -0.489 e. The van der Waals surface area contributed by atoms with Gasteiger partial charge in [0.25, 0.3) is 0 Å². The van der Waals surface area contributed by atoms with Gasteiger partial charge in [0.15, 0.2) is 0 Å². The number of ether oxygens (including phenoxy) is 1. The van der Waals surface area contributed by atoms with Crippen molar-refractivity contribution in [3.63, 3.8) is 0 Å². The van der Waals surface area contributed by atoms with Crippen LogP contribution < -0.4 is 10.5 Å². The molecule has 72 valence electrons. The van der Waals surface area contributed by atoms with E-state index in [2.05, 4.69) is 0 Å². The Morgan fingerprint density at radius 1 is 1.50 bits per heavy atom. The van der Waals surface area contributed by atoms with Gasteiger partial charge in [-0.25, -0.2) is 0 Å². The van der Waals surface area contributed by atoms with E-state index in [9.17, 15) is 4.79 Å². The zero-order chi connectivity index (χ0) is 9.97. The zero-order valence-corrected chi connectivity index (χ0v) is 7.69. The Labute approximate surface area is 82.2 Å². The predicted octanol–water partition coefficient (Wildman–Crippen LogP) is 1.12. The van der Waals surface area contributed by atoms with Crippen LogP contribution in [0.4, 0.5) is 0 Å². The molecule has 0 unspecified atom stereocenters. The summed E-state index contributed by atoms with van der Waals surface area (Å²) in [6.07, 6.45) is 4.21. The third-order valence-electron chi connectivity index (χ3n) is 2.09. The molecule has 1 aromatic carbocycles. The highest BCUT2D eigenvalue weighted by Crippen LogP contribution is 2.24. The van der Waals surface area contributed by atoms with E-state index in [-0.39, 0.29) is 12.3 Å². The van der Waals surface area contributed by atoms with Crippen molar-refractivity contribution in [1.82, 2.24) is 0 Å². The fourth-order valence-electron chi connectivity index (χ4n) is 1.48. The lowest BCUT2D eigenvalue weighted by Gasteiger charge is -2.12. The second-order valence-corrected chi connectivity index (χ2v) is 3.23. The predicted molar refractivity (Wildman–Crippen MR) is 53.9 cm³/mol. The Balaban J connectivity index is 2.30. The maximum atomic E-state index is 10.7. The first-order valence-electron chi connectivity index (χ1n) is 4.46. The quantitative estimate of drug-likeness (QED) is 0.757. The van der Waals surface area contributed by atoms with Gasteiger partial charge in [0.05, 0.1) is 6.42 Å². The summed E-state index contributed by atoms with van der Waals surface area (Å²) in [7, 11) is 0. The molecule has 2 N–H and O–H groups in total. The molecule has 1 amide bonds. The van der Waals surface area contributed by atoms with Crippen molar-refractivity contribution >= 4 is 12.0 Å². The summed E-state index contributed by atoms with van der Waals surface area (Å²) in [5.74, 6) is 0.548. The van der Waals surface area contributed by atoms with Gasteiger partial charge in [-0.2, -0.15) is 0 Å². The molecule has 14 heavy (non-hydrogen) atoms. The fraction of sp³-hybridized carbons (Fsp3) is 0.182. The van der Waals surface area contributed by atoms with Crippen LogP contribution in [0.15, 0.2) is 24.3 Å². The minimum atomic E-state index is -0.314. The standard InChI is InChI=1S/C11H11NO2/c12-11(13)7-8-3-4-10-9(6-8)2-1-5-14-10/h1-4,6H,5,7H2,(H2,12,13). The molecule has 0 spiro atoms. The number of hydrogen-bond acceptors (Lipinski definition) is 2. The van der Waals surface area contributed by atoms with Crippen molar-refractivity contribution in [2.24, 2.45) is 5.73 Å². The van der Waals surface area contributed by atoms with Gasteiger partial charge in [-0.05, 0) is 23.8 Å². The number of nitrogens with two attached hydrogens (primary N) is 1. The number of carbonyl (C=O) groups excluding carboxylic acids is 1. The lowest BCUT2D eigenvalue weighted by Crippen LogP contribution is -2.13. The molecule has 2 rings (SSSR count). The number of benzene rings is 1. The summed E-state index contributed by atoms with van der Waals surface area (Å²) in [5.41, 5.74) is 7.04. The van der Waals surface area contributed by atoms with E-state index in [0.29, 0.717) is 6.61 Å². The van der Waals surface area contributed by atoms with Crippen molar-refractivity contribution in [2.75, 3.05) is 6.61 Å². The van der Waals surface area contributed by atoms with Crippen molar-refractivity contribution in [2.45, 2.75) is 6.42 Å². The van der Waals surface area contributed by atoms with Gasteiger partial charge in [-0.3, -0.25) is 4.79 Å². The first-order valence-corrected chi connectivity index (χ1v) is 4.46. The van der Waals surface area contributed by atoms with Crippen LogP contribution in [-0.2, 0) is 11.2 Å². The molecule has 0 saturated heterocycles. The Morgan fingerprint density at radius 3 is 3.14 bits per heavy atom. The van der Waals surface area contributed by atoms with Crippen LogP contribution in [0.1, 0.15) is 11.1 Å². The maximum absolute atomic E-state index is 10.7. The third kappa shape index (κ3) is 1.76. The average molecular weight is 189 g/mol. The molecule has 0 saturated carbocycles. The molecule has 1 aliphatic rings. The Hall–Kier alpha value is -1.77. The van der Waals surface area contributed by atoms with Crippen molar-refractivity contribution in [3.05, 3.63) is 35.4 Å². The van der Waals surface area contributed by atoms with Gasteiger partial charge < -0.3 is 10.5 Å². The first-order chi connectivity index (χ1) is 6.75. The van der Waals surface area contributed by atoms with Crippen LogP contribution >= 0.6 is 0 Å². The smallest absolute Gasteiger partial charge is 0.221 e. The summed E-state index contributed by atoms with van der Waals surface area (Å²) in [5, 5.41) is 0. The SMILES string of the molecule is NC(=O)Cc1ccc2c(c1)C=CCO2. The lowest BCUT2D eigenvalue weighted by atomic mass is 10.1.